The molecule has 2 amide bonds. The van der Waals surface area contributed by atoms with E-state index < -0.39 is 0 Å². The Hall–Kier alpha value is -2.15. The highest BCUT2D eigenvalue weighted by molar-refractivity contribution is 9.10. The van der Waals surface area contributed by atoms with Crippen molar-refractivity contribution in [2.75, 3.05) is 18.9 Å². The summed E-state index contributed by atoms with van der Waals surface area (Å²) < 4.78 is 0.647. The molecule has 0 bridgehead atoms. The summed E-state index contributed by atoms with van der Waals surface area (Å²) in [6.45, 7) is 7.90. The summed E-state index contributed by atoms with van der Waals surface area (Å²) in [6, 6.07) is 5.73. The number of aromatic amines is 1. The minimum absolute atomic E-state index is 0.0530. The molecule has 2 rings (SSSR count). The van der Waals surface area contributed by atoms with Gasteiger partial charge in [0.15, 0.2) is 5.69 Å². The van der Waals surface area contributed by atoms with Crippen LogP contribution in [0, 0.1) is 13.8 Å². The fraction of sp³-hybridized carbons (Fsp3) is 0.389. The Balaban J connectivity index is 2.06. The van der Waals surface area contributed by atoms with Gasteiger partial charge < -0.3 is 10.2 Å². The third-order valence-corrected chi connectivity index (χ3v) is 4.92. The van der Waals surface area contributed by atoms with E-state index in [1.165, 1.54) is 4.90 Å². The first-order valence-electron chi connectivity index (χ1n) is 8.07. The number of H-pyrrole nitrogens is 1. The lowest BCUT2D eigenvalue weighted by Gasteiger charge is -2.17. The Labute approximate surface area is 156 Å². The van der Waals surface area contributed by atoms with Gasteiger partial charge in [-0.05, 0) is 52.9 Å². The number of likely N-dealkylation sites (N-methyl/N-ethyl adjacent to an activating group) is 1. The van der Waals surface area contributed by atoms with Gasteiger partial charge in [-0.15, -0.1) is 0 Å². The second kappa shape index (κ2) is 7.82. The lowest BCUT2D eigenvalue weighted by molar-refractivity contribution is -0.116. The van der Waals surface area contributed by atoms with E-state index in [0.717, 1.165) is 22.5 Å². The lowest BCUT2D eigenvalue weighted by atomic mass is 10.1. The van der Waals surface area contributed by atoms with E-state index in [9.17, 15) is 9.59 Å². The molecule has 0 saturated heterocycles. The monoisotopic (exact) mass is 406 g/mol. The van der Waals surface area contributed by atoms with Crippen LogP contribution in [0.4, 0.5) is 5.69 Å². The van der Waals surface area contributed by atoms with E-state index in [2.05, 4.69) is 31.4 Å². The Morgan fingerprint density at radius 1 is 1.32 bits per heavy atom. The van der Waals surface area contributed by atoms with E-state index in [1.54, 1.807) is 7.05 Å². The number of nitrogens with zero attached hydrogens (tertiary/aromatic N) is 2. The normalized spacial score (nSPS) is 10.8. The quantitative estimate of drug-likeness (QED) is 0.795. The maximum Gasteiger partial charge on any atom is 0.275 e. The van der Waals surface area contributed by atoms with Gasteiger partial charge in [0.1, 0.15) is 0 Å². The van der Waals surface area contributed by atoms with Crippen LogP contribution in [0.1, 0.15) is 47.1 Å². The van der Waals surface area contributed by atoms with Crippen LogP contribution < -0.4 is 5.32 Å². The molecular weight excluding hydrogens is 384 g/mol. The zero-order valence-corrected chi connectivity index (χ0v) is 16.7. The van der Waals surface area contributed by atoms with Crippen LogP contribution in [0.25, 0.3) is 0 Å². The number of hydrogen-bond donors (Lipinski definition) is 2. The van der Waals surface area contributed by atoms with Crippen molar-refractivity contribution >= 4 is 33.4 Å². The van der Waals surface area contributed by atoms with Crippen molar-refractivity contribution in [2.45, 2.75) is 33.6 Å². The number of aryl methyl sites for hydroxylation is 1. The van der Waals surface area contributed by atoms with Crippen LogP contribution in [0.5, 0.6) is 0 Å². The Morgan fingerprint density at radius 2 is 2.00 bits per heavy atom. The number of halogens is 1. The largest absolute Gasteiger partial charge is 0.331 e. The molecule has 0 aliphatic heterocycles. The molecule has 0 spiro atoms. The van der Waals surface area contributed by atoms with Gasteiger partial charge in [0.2, 0.25) is 5.91 Å². The van der Waals surface area contributed by atoms with Gasteiger partial charge in [0.25, 0.3) is 5.91 Å². The Bertz CT molecular complexity index is 798. The molecule has 7 heteroatoms. The fourth-order valence-corrected chi connectivity index (χ4v) is 3.22. The molecule has 0 unspecified atom stereocenters. The Kier molecular flexibility index (Phi) is 6.00. The second-order valence-electron chi connectivity index (χ2n) is 6.41. The summed E-state index contributed by atoms with van der Waals surface area (Å²) in [6.07, 6.45) is 0. The zero-order valence-electron chi connectivity index (χ0n) is 15.1. The van der Waals surface area contributed by atoms with Crippen LogP contribution in [-0.4, -0.2) is 40.5 Å². The minimum Gasteiger partial charge on any atom is -0.331 e. The highest BCUT2D eigenvalue weighted by atomic mass is 79.9. The summed E-state index contributed by atoms with van der Waals surface area (Å²) >= 11 is 3.42. The molecule has 1 aromatic heterocycles. The molecule has 2 N–H and O–H groups in total. The van der Waals surface area contributed by atoms with E-state index in [-0.39, 0.29) is 30.0 Å². The number of nitrogens with one attached hydrogen (secondary N) is 2. The van der Waals surface area contributed by atoms with Crippen LogP contribution in [0.2, 0.25) is 0 Å². The van der Waals surface area contributed by atoms with Gasteiger partial charge in [-0.3, -0.25) is 14.7 Å². The second-order valence-corrected chi connectivity index (χ2v) is 7.20. The first-order valence-corrected chi connectivity index (χ1v) is 8.87. The number of anilines is 1. The van der Waals surface area contributed by atoms with Crippen molar-refractivity contribution in [3.8, 4) is 0 Å². The number of benzene rings is 1. The van der Waals surface area contributed by atoms with Gasteiger partial charge in [0.05, 0.1) is 16.7 Å². The number of rotatable bonds is 5. The predicted molar refractivity (Wildman–Crippen MR) is 102 cm³/mol. The van der Waals surface area contributed by atoms with Gasteiger partial charge in [-0.1, -0.05) is 26.0 Å². The molecule has 1 aromatic carbocycles. The van der Waals surface area contributed by atoms with Crippen LogP contribution in [0.15, 0.2) is 22.7 Å². The summed E-state index contributed by atoms with van der Waals surface area (Å²) in [4.78, 5) is 26.2. The van der Waals surface area contributed by atoms with Gasteiger partial charge in [0, 0.05) is 12.7 Å². The van der Waals surface area contributed by atoms with Crippen LogP contribution in [0.3, 0.4) is 0 Å². The molecule has 6 nitrogen and oxygen atoms in total. The molecule has 0 radical (unpaired) electrons. The third kappa shape index (κ3) is 4.28. The summed E-state index contributed by atoms with van der Waals surface area (Å²) in [5.41, 5.74) is 4.02. The van der Waals surface area contributed by atoms with Crippen molar-refractivity contribution in [3.63, 3.8) is 0 Å². The van der Waals surface area contributed by atoms with E-state index in [1.807, 2.05) is 45.9 Å². The summed E-state index contributed by atoms with van der Waals surface area (Å²) in [5.74, 6) is -0.354. The smallest absolute Gasteiger partial charge is 0.275 e. The summed E-state index contributed by atoms with van der Waals surface area (Å²) in [7, 11) is 1.58. The standard InChI is InChI=1S/C18H23BrN4O2/c1-10(2)16-15(19)17(22-21-16)18(25)23(5)9-14(24)20-13-8-6-7-11(3)12(13)4/h6-8,10H,9H2,1-5H3,(H,20,24)(H,21,22). The molecule has 0 atom stereocenters. The van der Waals surface area contributed by atoms with Crippen molar-refractivity contribution in [3.05, 3.63) is 45.2 Å². The highest BCUT2D eigenvalue weighted by Crippen LogP contribution is 2.26. The summed E-state index contributed by atoms with van der Waals surface area (Å²) in [5, 5.41) is 9.80. The first kappa shape index (κ1) is 19.2. The number of hydrogen-bond acceptors (Lipinski definition) is 3. The predicted octanol–water partition coefficient (Wildman–Crippen LogP) is 3.62. The van der Waals surface area contributed by atoms with E-state index in [0.29, 0.717) is 4.47 Å². The lowest BCUT2D eigenvalue weighted by Crippen LogP contribution is -2.35. The topological polar surface area (TPSA) is 78.1 Å². The number of carbonyl (C=O) groups excluding carboxylic acids is 2. The van der Waals surface area contributed by atoms with Gasteiger partial charge in [-0.2, -0.15) is 5.10 Å². The highest BCUT2D eigenvalue weighted by Gasteiger charge is 2.23. The molecule has 25 heavy (non-hydrogen) atoms. The molecule has 0 aliphatic carbocycles. The maximum absolute atomic E-state index is 12.5. The van der Waals surface area contributed by atoms with Crippen molar-refractivity contribution in [2.24, 2.45) is 0 Å². The van der Waals surface area contributed by atoms with Crippen LogP contribution in [-0.2, 0) is 4.79 Å². The average molecular weight is 407 g/mol. The zero-order chi connectivity index (χ0) is 18.7. The third-order valence-electron chi connectivity index (χ3n) is 4.12. The van der Waals surface area contributed by atoms with E-state index in [4.69, 9.17) is 0 Å². The fourth-order valence-electron chi connectivity index (χ4n) is 2.41. The molecule has 2 aromatic rings. The van der Waals surface area contributed by atoms with E-state index >= 15 is 0 Å². The number of amides is 2. The molecule has 0 fully saturated rings. The number of aromatic nitrogens is 2. The number of carbonyl (C=O) groups is 2. The van der Waals surface area contributed by atoms with Crippen LogP contribution >= 0.6 is 15.9 Å². The molecule has 1 heterocycles. The van der Waals surface area contributed by atoms with Gasteiger partial charge >= 0.3 is 0 Å². The SMILES string of the molecule is Cc1cccc(NC(=O)CN(C)C(=O)c2n[nH]c(C(C)C)c2Br)c1C. The minimum atomic E-state index is -0.314. The van der Waals surface area contributed by atoms with Crippen molar-refractivity contribution in [1.82, 2.24) is 15.1 Å². The molecule has 0 saturated carbocycles. The average Bonchev–Trinajstić information content (AvgIpc) is 2.92. The molecule has 134 valence electrons. The van der Waals surface area contributed by atoms with Gasteiger partial charge in [-0.25, -0.2) is 0 Å². The maximum atomic E-state index is 12.5. The Morgan fingerprint density at radius 3 is 2.60 bits per heavy atom. The van der Waals surface area contributed by atoms with Crippen molar-refractivity contribution in [1.29, 1.82) is 0 Å². The first-order chi connectivity index (χ1) is 11.7. The molecule has 0 aliphatic rings. The van der Waals surface area contributed by atoms with Crippen molar-refractivity contribution < 1.29 is 9.59 Å². The molecular formula is C18H23BrN4O2.